The van der Waals surface area contributed by atoms with Crippen LogP contribution in [0.25, 0.3) is 0 Å². The molecule has 1 amide bonds. The van der Waals surface area contributed by atoms with Gasteiger partial charge in [0, 0.05) is 17.5 Å². The van der Waals surface area contributed by atoms with E-state index in [0.717, 1.165) is 6.26 Å². The van der Waals surface area contributed by atoms with Crippen molar-refractivity contribution in [2.45, 2.75) is 4.90 Å². The number of carbonyl (C=O) groups is 1. The summed E-state index contributed by atoms with van der Waals surface area (Å²) in [6.45, 7) is 0. The van der Waals surface area contributed by atoms with Crippen LogP contribution in [0.1, 0.15) is 10.4 Å². The van der Waals surface area contributed by atoms with E-state index < -0.39 is 21.6 Å². The Bertz CT molecular complexity index is 788. The molecule has 0 radical (unpaired) electrons. The summed E-state index contributed by atoms with van der Waals surface area (Å²) < 4.78 is 36.0. The van der Waals surface area contributed by atoms with Gasteiger partial charge in [-0.05, 0) is 58.4 Å². The minimum absolute atomic E-state index is 0.171. The molecule has 7 heteroatoms. The Morgan fingerprint density at radius 1 is 1.14 bits per heavy atom. The second kappa shape index (κ2) is 5.95. The molecule has 1 N–H and O–H groups in total. The summed E-state index contributed by atoms with van der Waals surface area (Å²) in [5.74, 6) is -0.869. The molecule has 2 aromatic rings. The SMILES string of the molecule is CS(=O)(=O)c1ccc(NC(=O)c2ccc(F)c(Br)c2)cc1. The summed E-state index contributed by atoms with van der Waals surface area (Å²) in [4.78, 5) is 12.2. The largest absolute Gasteiger partial charge is 0.322 e. The normalized spacial score (nSPS) is 11.2. The van der Waals surface area contributed by atoms with Gasteiger partial charge in [0.25, 0.3) is 5.91 Å². The van der Waals surface area contributed by atoms with Crippen molar-refractivity contribution in [3.05, 3.63) is 58.3 Å². The number of hydrogen-bond donors (Lipinski definition) is 1. The van der Waals surface area contributed by atoms with Gasteiger partial charge in [0.15, 0.2) is 9.84 Å². The zero-order valence-electron chi connectivity index (χ0n) is 10.9. The average Bonchev–Trinajstić information content (AvgIpc) is 2.41. The number of sulfone groups is 1. The molecule has 0 fully saturated rings. The Labute approximate surface area is 130 Å². The van der Waals surface area contributed by atoms with Gasteiger partial charge in [-0.2, -0.15) is 0 Å². The molecule has 0 saturated carbocycles. The van der Waals surface area contributed by atoms with Crippen LogP contribution < -0.4 is 5.32 Å². The molecule has 0 spiro atoms. The maximum absolute atomic E-state index is 13.1. The van der Waals surface area contributed by atoms with Crippen molar-refractivity contribution in [2.75, 3.05) is 11.6 Å². The molecule has 0 aromatic heterocycles. The molecule has 0 atom stereocenters. The van der Waals surface area contributed by atoms with Crippen molar-refractivity contribution in [2.24, 2.45) is 0 Å². The molecule has 0 aliphatic carbocycles. The highest BCUT2D eigenvalue weighted by atomic mass is 79.9. The van der Waals surface area contributed by atoms with E-state index in [-0.39, 0.29) is 14.9 Å². The summed E-state index contributed by atoms with van der Waals surface area (Å²) in [6, 6.07) is 9.72. The Morgan fingerprint density at radius 2 is 1.76 bits per heavy atom. The molecule has 110 valence electrons. The van der Waals surface area contributed by atoms with Gasteiger partial charge >= 0.3 is 0 Å². The highest BCUT2D eigenvalue weighted by Crippen LogP contribution is 2.19. The molecule has 0 unspecified atom stereocenters. The highest BCUT2D eigenvalue weighted by Gasteiger charge is 2.10. The molecule has 0 saturated heterocycles. The lowest BCUT2D eigenvalue weighted by molar-refractivity contribution is 0.102. The molecular weight excluding hydrogens is 361 g/mol. The predicted octanol–water partition coefficient (Wildman–Crippen LogP) is 3.24. The molecule has 2 aromatic carbocycles. The number of benzene rings is 2. The first-order chi connectivity index (χ1) is 9.77. The van der Waals surface area contributed by atoms with Gasteiger partial charge in [-0.15, -0.1) is 0 Å². The van der Waals surface area contributed by atoms with Crippen LogP contribution in [-0.4, -0.2) is 20.6 Å². The van der Waals surface area contributed by atoms with E-state index in [1.165, 1.54) is 42.5 Å². The maximum Gasteiger partial charge on any atom is 0.255 e. The Balaban J connectivity index is 2.18. The van der Waals surface area contributed by atoms with Gasteiger partial charge in [-0.1, -0.05) is 0 Å². The fraction of sp³-hybridized carbons (Fsp3) is 0.0714. The molecule has 21 heavy (non-hydrogen) atoms. The third-order valence-corrected chi connectivity index (χ3v) is 4.46. The maximum atomic E-state index is 13.1. The minimum atomic E-state index is -3.27. The van der Waals surface area contributed by atoms with E-state index in [4.69, 9.17) is 0 Å². The van der Waals surface area contributed by atoms with Gasteiger partial charge in [-0.3, -0.25) is 4.79 Å². The van der Waals surface area contributed by atoms with Gasteiger partial charge in [0.2, 0.25) is 0 Å². The van der Waals surface area contributed by atoms with Crippen molar-refractivity contribution in [1.82, 2.24) is 0 Å². The summed E-state index contributed by atoms with van der Waals surface area (Å²) in [6.07, 6.45) is 1.11. The number of anilines is 1. The lowest BCUT2D eigenvalue weighted by Crippen LogP contribution is -2.12. The third-order valence-electron chi connectivity index (χ3n) is 2.72. The minimum Gasteiger partial charge on any atom is -0.322 e. The van der Waals surface area contributed by atoms with E-state index in [9.17, 15) is 17.6 Å². The molecule has 2 rings (SSSR count). The van der Waals surface area contributed by atoms with Crippen LogP contribution in [0.5, 0.6) is 0 Å². The molecular formula is C14H11BrFNO3S. The van der Waals surface area contributed by atoms with E-state index in [0.29, 0.717) is 5.69 Å². The zero-order chi connectivity index (χ0) is 15.6. The number of carbonyl (C=O) groups excluding carboxylic acids is 1. The van der Waals surface area contributed by atoms with E-state index in [1.54, 1.807) is 0 Å². The van der Waals surface area contributed by atoms with E-state index >= 15 is 0 Å². The second-order valence-electron chi connectivity index (χ2n) is 4.38. The van der Waals surface area contributed by atoms with Crippen molar-refractivity contribution < 1.29 is 17.6 Å². The van der Waals surface area contributed by atoms with Gasteiger partial charge in [0.05, 0.1) is 9.37 Å². The summed E-state index contributed by atoms with van der Waals surface area (Å²) in [5, 5.41) is 2.61. The summed E-state index contributed by atoms with van der Waals surface area (Å²) >= 11 is 3.01. The van der Waals surface area contributed by atoms with Crippen LogP contribution in [0.3, 0.4) is 0 Å². The molecule has 0 bridgehead atoms. The number of hydrogen-bond acceptors (Lipinski definition) is 3. The molecule has 0 aliphatic heterocycles. The van der Waals surface area contributed by atoms with Crippen LogP contribution in [0.2, 0.25) is 0 Å². The first-order valence-electron chi connectivity index (χ1n) is 5.84. The molecule has 0 aliphatic rings. The summed E-state index contributed by atoms with van der Waals surface area (Å²) in [5.41, 5.74) is 0.739. The fourth-order valence-electron chi connectivity index (χ4n) is 1.63. The smallest absolute Gasteiger partial charge is 0.255 e. The van der Waals surface area contributed by atoms with Crippen molar-refractivity contribution in [3.8, 4) is 0 Å². The highest BCUT2D eigenvalue weighted by molar-refractivity contribution is 9.10. The monoisotopic (exact) mass is 371 g/mol. The number of rotatable bonds is 3. The molecule has 0 heterocycles. The van der Waals surface area contributed by atoms with Crippen LogP contribution in [0.4, 0.5) is 10.1 Å². The lowest BCUT2D eigenvalue weighted by Gasteiger charge is -2.07. The van der Waals surface area contributed by atoms with Crippen LogP contribution >= 0.6 is 15.9 Å². The third kappa shape index (κ3) is 3.89. The summed E-state index contributed by atoms with van der Waals surface area (Å²) in [7, 11) is -3.27. The Hall–Kier alpha value is -1.73. The lowest BCUT2D eigenvalue weighted by atomic mass is 10.2. The van der Waals surface area contributed by atoms with Crippen molar-refractivity contribution >= 4 is 37.4 Å². The van der Waals surface area contributed by atoms with Crippen molar-refractivity contribution in [1.29, 1.82) is 0 Å². The van der Waals surface area contributed by atoms with Gasteiger partial charge in [-0.25, -0.2) is 12.8 Å². The van der Waals surface area contributed by atoms with Crippen LogP contribution in [0, 0.1) is 5.82 Å². The van der Waals surface area contributed by atoms with Crippen LogP contribution in [-0.2, 0) is 9.84 Å². The van der Waals surface area contributed by atoms with Crippen LogP contribution in [0.15, 0.2) is 51.8 Å². The van der Waals surface area contributed by atoms with Gasteiger partial charge < -0.3 is 5.32 Å². The quantitative estimate of drug-likeness (QED) is 0.900. The first kappa shape index (κ1) is 15.7. The number of halogens is 2. The number of nitrogens with one attached hydrogen (secondary N) is 1. The zero-order valence-corrected chi connectivity index (χ0v) is 13.3. The first-order valence-corrected chi connectivity index (χ1v) is 8.52. The predicted molar refractivity (Wildman–Crippen MR) is 81.6 cm³/mol. The topological polar surface area (TPSA) is 63.2 Å². The molecule has 4 nitrogen and oxygen atoms in total. The van der Waals surface area contributed by atoms with E-state index in [1.807, 2.05) is 0 Å². The standard InChI is InChI=1S/C14H11BrFNO3S/c1-21(19,20)11-5-3-10(4-6-11)17-14(18)9-2-7-13(16)12(15)8-9/h2-8H,1H3,(H,17,18). The average molecular weight is 372 g/mol. The second-order valence-corrected chi connectivity index (χ2v) is 7.25. The number of amides is 1. The van der Waals surface area contributed by atoms with E-state index in [2.05, 4.69) is 21.2 Å². The Morgan fingerprint density at radius 3 is 2.29 bits per heavy atom. The van der Waals surface area contributed by atoms with Crippen molar-refractivity contribution in [3.63, 3.8) is 0 Å². The Kier molecular flexibility index (Phi) is 4.43. The fourth-order valence-corrected chi connectivity index (χ4v) is 2.64. The van der Waals surface area contributed by atoms with Gasteiger partial charge in [0.1, 0.15) is 5.82 Å².